The maximum absolute atomic E-state index is 12.2. The molecule has 0 atom stereocenters. The van der Waals surface area contributed by atoms with Gasteiger partial charge in [0.15, 0.2) is 0 Å². The van der Waals surface area contributed by atoms with Crippen LogP contribution in [0.25, 0.3) is 11.0 Å². The number of hydrogen-bond acceptors (Lipinski definition) is 5. The monoisotopic (exact) mass is 330 g/mol. The van der Waals surface area contributed by atoms with E-state index >= 15 is 0 Å². The number of hydrogen-bond donors (Lipinski definition) is 3. The standard InChI is InChI=1S/C15H14N4O3S/c1-10-6-8-11(9-7-10)23(21,22)19-18-14-15(20)17-13-5-3-2-4-12(13)16-14/h2-9,19H,1H3,(H,16,18)(H,17,20). The maximum Gasteiger partial charge on any atom is 0.292 e. The molecule has 0 aliphatic carbocycles. The highest BCUT2D eigenvalue weighted by molar-refractivity contribution is 7.89. The van der Waals surface area contributed by atoms with Gasteiger partial charge in [-0.2, -0.15) is 0 Å². The second-order valence-corrected chi connectivity index (χ2v) is 6.66. The Labute approximate surface area is 132 Å². The summed E-state index contributed by atoms with van der Waals surface area (Å²) in [5, 5.41) is 0. The molecule has 0 amide bonds. The van der Waals surface area contributed by atoms with Gasteiger partial charge in [-0.3, -0.25) is 10.2 Å². The number of nitrogens with zero attached hydrogens (tertiary/aromatic N) is 1. The Hall–Kier alpha value is -2.71. The van der Waals surface area contributed by atoms with Crippen molar-refractivity contribution in [2.24, 2.45) is 0 Å². The molecule has 3 N–H and O–H groups in total. The highest BCUT2D eigenvalue weighted by atomic mass is 32.2. The lowest BCUT2D eigenvalue weighted by molar-refractivity contribution is 0.587. The number of para-hydroxylation sites is 2. The van der Waals surface area contributed by atoms with Gasteiger partial charge < -0.3 is 4.98 Å². The number of anilines is 1. The largest absolute Gasteiger partial charge is 0.317 e. The first kappa shape index (κ1) is 15.2. The minimum absolute atomic E-state index is 0.0906. The molecule has 8 heteroatoms. The number of H-pyrrole nitrogens is 1. The Kier molecular flexibility index (Phi) is 3.85. The molecule has 0 unspecified atom stereocenters. The topological polar surface area (TPSA) is 104 Å². The first-order chi connectivity index (χ1) is 11.0. The fourth-order valence-corrected chi connectivity index (χ4v) is 2.85. The molecule has 23 heavy (non-hydrogen) atoms. The van der Waals surface area contributed by atoms with E-state index in [1.165, 1.54) is 12.1 Å². The van der Waals surface area contributed by atoms with Gasteiger partial charge in [-0.15, -0.1) is 4.83 Å². The van der Waals surface area contributed by atoms with Gasteiger partial charge in [0.25, 0.3) is 15.6 Å². The first-order valence-electron chi connectivity index (χ1n) is 6.79. The van der Waals surface area contributed by atoms with Gasteiger partial charge in [0.1, 0.15) is 0 Å². The summed E-state index contributed by atoms with van der Waals surface area (Å²) in [6.45, 7) is 1.86. The van der Waals surface area contributed by atoms with Crippen LogP contribution in [-0.4, -0.2) is 18.4 Å². The molecule has 0 saturated heterocycles. The lowest BCUT2D eigenvalue weighted by atomic mass is 10.2. The molecule has 1 heterocycles. The zero-order valence-electron chi connectivity index (χ0n) is 12.2. The van der Waals surface area contributed by atoms with Crippen molar-refractivity contribution in [2.45, 2.75) is 11.8 Å². The predicted molar refractivity (Wildman–Crippen MR) is 87.5 cm³/mol. The number of aryl methyl sites for hydroxylation is 1. The van der Waals surface area contributed by atoms with E-state index < -0.39 is 15.6 Å². The number of aromatic nitrogens is 2. The smallest absolute Gasteiger partial charge is 0.292 e. The van der Waals surface area contributed by atoms with Crippen molar-refractivity contribution in [2.75, 3.05) is 5.43 Å². The van der Waals surface area contributed by atoms with Crippen LogP contribution in [-0.2, 0) is 10.0 Å². The number of rotatable bonds is 4. The molecule has 0 aliphatic heterocycles. The molecule has 2 aromatic carbocycles. The van der Waals surface area contributed by atoms with E-state index in [0.717, 1.165) is 5.56 Å². The normalized spacial score (nSPS) is 11.5. The van der Waals surface area contributed by atoms with Gasteiger partial charge in [0.05, 0.1) is 15.9 Å². The van der Waals surface area contributed by atoms with Crippen molar-refractivity contribution in [3.63, 3.8) is 0 Å². The van der Waals surface area contributed by atoms with Crippen LogP contribution in [0.1, 0.15) is 5.56 Å². The molecule has 0 radical (unpaired) electrons. The third kappa shape index (κ3) is 3.22. The molecule has 1 aromatic heterocycles. The van der Waals surface area contributed by atoms with Gasteiger partial charge in [-0.05, 0) is 31.2 Å². The molecule has 118 valence electrons. The van der Waals surface area contributed by atoms with Crippen LogP contribution < -0.4 is 15.8 Å². The van der Waals surface area contributed by atoms with Crippen molar-refractivity contribution in [1.29, 1.82) is 0 Å². The van der Waals surface area contributed by atoms with Crippen molar-refractivity contribution in [1.82, 2.24) is 14.8 Å². The summed E-state index contributed by atoms with van der Waals surface area (Å²) in [7, 11) is -3.80. The minimum atomic E-state index is -3.80. The maximum atomic E-state index is 12.2. The summed E-state index contributed by atoms with van der Waals surface area (Å²) in [5.74, 6) is -0.126. The van der Waals surface area contributed by atoms with E-state index in [9.17, 15) is 13.2 Å². The van der Waals surface area contributed by atoms with Crippen LogP contribution >= 0.6 is 0 Å². The minimum Gasteiger partial charge on any atom is -0.317 e. The predicted octanol–water partition coefficient (Wildman–Crippen LogP) is 1.54. The van der Waals surface area contributed by atoms with E-state index in [4.69, 9.17) is 0 Å². The summed E-state index contributed by atoms with van der Waals surface area (Å²) < 4.78 is 24.4. The second-order valence-electron chi connectivity index (χ2n) is 4.98. The van der Waals surface area contributed by atoms with Crippen molar-refractivity contribution in [3.8, 4) is 0 Å². The van der Waals surface area contributed by atoms with E-state index in [2.05, 4.69) is 20.2 Å². The molecule has 0 spiro atoms. The van der Waals surface area contributed by atoms with Crippen LogP contribution in [0.2, 0.25) is 0 Å². The van der Waals surface area contributed by atoms with Crippen LogP contribution in [0.5, 0.6) is 0 Å². The number of nitrogens with one attached hydrogen (secondary N) is 3. The number of benzene rings is 2. The quantitative estimate of drug-likeness (QED) is 0.630. The first-order valence-corrected chi connectivity index (χ1v) is 8.27. The summed E-state index contributed by atoms with van der Waals surface area (Å²) in [5.41, 5.74) is 3.92. The van der Waals surface area contributed by atoms with Gasteiger partial charge in [0.2, 0.25) is 5.82 Å². The molecule has 3 aromatic rings. The average Bonchev–Trinajstić information content (AvgIpc) is 2.53. The zero-order valence-corrected chi connectivity index (χ0v) is 13.0. The van der Waals surface area contributed by atoms with E-state index in [-0.39, 0.29) is 10.7 Å². The molecular weight excluding hydrogens is 316 g/mol. The zero-order chi connectivity index (χ0) is 16.4. The third-order valence-corrected chi connectivity index (χ3v) is 4.50. The van der Waals surface area contributed by atoms with Crippen LogP contribution in [0.3, 0.4) is 0 Å². The number of fused-ring (bicyclic) bond motifs is 1. The highest BCUT2D eigenvalue weighted by Crippen LogP contribution is 2.11. The Bertz CT molecular complexity index is 1010. The van der Waals surface area contributed by atoms with Crippen LogP contribution in [0.4, 0.5) is 5.82 Å². The van der Waals surface area contributed by atoms with E-state index in [1.54, 1.807) is 36.4 Å². The van der Waals surface area contributed by atoms with E-state index in [1.807, 2.05) is 6.92 Å². The molecule has 0 bridgehead atoms. The summed E-state index contributed by atoms with van der Waals surface area (Å²) in [4.78, 5) is 20.9. The van der Waals surface area contributed by atoms with Crippen LogP contribution in [0, 0.1) is 6.92 Å². The average molecular weight is 330 g/mol. The summed E-state index contributed by atoms with van der Waals surface area (Å²) in [6, 6.07) is 13.3. The van der Waals surface area contributed by atoms with Crippen molar-refractivity contribution in [3.05, 3.63) is 64.4 Å². The lowest BCUT2D eigenvalue weighted by Gasteiger charge is -2.09. The molecule has 0 fully saturated rings. The van der Waals surface area contributed by atoms with Crippen molar-refractivity contribution < 1.29 is 8.42 Å². The van der Waals surface area contributed by atoms with Crippen molar-refractivity contribution >= 4 is 26.9 Å². The number of sulfonamides is 1. The van der Waals surface area contributed by atoms with Gasteiger partial charge in [0, 0.05) is 0 Å². The Morgan fingerprint density at radius 2 is 1.74 bits per heavy atom. The lowest BCUT2D eigenvalue weighted by Crippen LogP contribution is -2.33. The Morgan fingerprint density at radius 1 is 1.04 bits per heavy atom. The van der Waals surface area contributed by atoms with Gasteiger partial charge in [-0.25, -0.2) is 13.4 Å². The van der Waals surface area contributed by atoms with Gasteiger partial charge in [-0.1, -0.05) is 29.8 Å². The SMILES string of the molecule is Cc1ccc(S(=O)(=O)NNc2nc3ccccc3[nH]c2=O)cc1. The molecular formula is C15H14N4O3S. The van der Waals surface area contributed by atoms with E-state index in [0.29, 0.717) is 11.0 Å². The fraction of sp³-hybridized carbons (Fsp3) is 0.0667. The Balaban J connectivity index is 1.86. The molecule has 3 rings (SSSR count). The summed E-state index contributed by atoms with van der Waals surface area (Å²) in [6.07, 6.45) is 0. The number of hydrazine groups is 1. The second kappa shape index (κ2) is 5.82. The summed E-state index contributed by atoms with van der Waals surface area (Å²) >= 11 is 0. The number of aromatic amines is 1. The van der Waals surface area contributed by atoms with Gasteiger partial charge >= 0.3 is 0 Å². The Morgan fingerprint density at radius 3 is 2.48 bits per heavy atom. The fourth-order valence-electron chi connectivity index (χ4n) is 2.01. The molecule has 7 nitrogen and oxygen atoms in total. The molecule has 0 aliphatic rings. The highest BCUT2D eigenvalue weighted by Gasteiger charge is 2.14. The third-order valence-electron chi connectivity index (χ3n) is 3.23. The molecule has 0 saturated carbocycles. The van der Waals surface area contributed by atoms with Crippen LogP contribution in [0.15, 0.2) is 58.2 Å².